The van der Waals surface area contributed by atoms with Gasteiger partial charge in [-0.25, -0.2) is 8.42 Å². The molecule has 0 aromatic heterocycles. The van der Waals surface area contributed by atoms with Crippen LogP contribution >= 0.6 is 0 Å². The van der Waals surface area contributed by atoms with Gasteiger partial charge in [0.2, 0.25) is 0 Å². The SMILES string of the molecule is C=CCCCC(O)C(C)S(C)(=O)=O. The average molecular weight is 206 g/mol. The van der Waals surface area contributed by atoms with Gasteiger partial charge in [0.1, 0.15) is 0 Å². The van der Waals surface area contributed by atoms with E-state index in [2.05, 4.69) is 6.58 Å². The van der Waals surface area contributed by atoms with Gasteiger partial charge in [-0.15, -0.1) is 6.58 Å². The Hall–Kier alpha value is -0.350. The molecule has 13 heavy (non-hydrogen) atoms. The zero-order chi connectivity index (χ0) is 10.5. The minimum atomic E-state index is -3.12. The van der Waals surface area contributed by atoms with Crippen LogP contribution in [0, 0.1) is 0 Å². The highest BCUT2D eigenvalue weighted by Gasteiger charge is 2.22. The summed E-state index contributed by atoms with van der Waals surface area (Å²) < 4.78 is 22.1. The van der Waals surface area contributed by atoms with Crippen LogP contribution in [0.25, 0.3) is 0 Å². The molecule has 0 bridgehead atoms. The Morgan fingerprint density at radius 3 is 2.46 bits per heavy atom. The first-order valence-corrected chi connectivity index (χ1v) is 6.33. The molecule has 0 aliphatic rings. The Bertz CT molecular complexity index is 244. The van der Waals surface area contributed by atoms with Gasteiger partial charge < -0.3 is 5.11 Å². The fourth-order valence-corrected chi connectivity index (χ4v) is 1.70. The molecule has 78 valence electrons. The van der Waals surface area contributed by atoms with Crippen molar-refractivity contribution in [3.63, 3.8) is 0 Å². The van der Waals surface area contributed by atoms with Crippen LogP contribution < -0.4 is 0 Å². The second kappa shape index (κ2) is 5.40. The lowest BCUT2D eigenvalue weighted by Gasteiger charge is -2.16. The fraction of sp³-hybridized carbons (Fsp3) is 0.778. The van der Waals surface area contributed by atoms with E-state index in [0.717, 1.165) is 19.1 Å². The molecular formula is C9H18O3S. The molecule has 0 amide bonds. The van der Waals surface area contributed by atoms with Crippen LogP contribution in [0.4, 0.5) is 0 Å². The summed E-state index contributed by atoms with van der Waals surface area (Å²) in [6.07, 6.45) is 4.26. The molecule has 0 heterocycles. The molecule has 4 heteroatoms. The summed E-state index contributed by atoms with van der Waals surface area (Å²) in [5.74, 6) is 0. The summed E-state index contributed by atoms with van der Waals surface area (Å²) in [6.45, 7) is 5.09. The highest BCUT2D eigenvalue weighted by Crippen LogP contribution is 2.11. The van der Waals surface area contributed by atoms with Crippen molar-refractivity contribution in [2.45, 2.75) is 37.5 Å². The summed E-state index contributed by atoms with van der Waals surface area (Å²) in [5.41, 5.74) is 0. The quantitative estimate of drug-likeness (QED) is 0.523. The lowest BCUT2D eigenvalue weighted by atomic mass is 10.1. The molecule has 0 saturated carbocycles. The maximum Gasteiger partial charge on any atom is 0.152 e. The van der Waals surface area contributed by atoms with Crippen molar-refractivity contribution in [2.24, 2.45) is 0 Å². The Balaban J connectivity index is 3.97. The van der Waals surface area contributed by atoms with Gasteiger partial charge in [0.05, 0.1) is 11.4 Å². The van der Waals surface area contributed by atoms with Crippen LogP contribution in [0.5, 0.6) is 0 Å². The summed E-state index contributed by atoms with van der Waals surface area (Å²) in [5, 5.41) is 8.80. The molecule has 0 radical (unpaired) electrons. The third kappa shape index (κ3) is 5.05. The molecule has 0 aliphatic carbocycles. The van der Waals surface area contributed by atoms with Crippen molar-refractivity contribution < 1.29 is 13.5 Å². The van der Waals surface area contributed by atoms with Crippen LogP contribution in [0.3, 0.4) is 0 Å². The van der Waals surface area contributed by atoms with E-state index in [-0.39, 0.29) is 0 Å². The molecular weight excluding hydrogens is 188 g/mol. The van der Waals surface area contributed by atoms with Crippen molar-refractivity contribution in [3.8, 4) is 0 Å². The monoisotopic (exact) mass is 206 g/mol. The van der Waals surface area contributed by atoms with E-state index in [4.69, 9.17) is 0 Å². The Morgan fingerprint density at radius 2 is 2.08 bits per heavy atom. The first-order valence-electron chi connectivity index (χ1n) is 4.37. The van der Waals surface area contributed by atoms with Crippen LogP contribution in [-0.4, -0.2) is 31.1 Å². The van der Waals surface area contributed by atoms with Crippen LogP contribution in [-0.2, 0) is 9.84 Å². The van der Waals surface area contributed by atoms with E-state index < -0.39 is 21.2 Å². The number of unbranched alkanes of at least 4 members (excludes halogenated alkanes) is 1. The summed E-state index contributed by atoms with van der Waals surface area (Å²) in [4.78, 5) is 0. The van der Waals surface area contributed by atoms with E-state index in [1.54, 1.807) is 6.08 Å². The number of allylic oxidation sites excluding steroid dienone is 1. The highest BCUT2D eigenvalue weighted by molar-refractivity contribution is 7.91. The van der Waals surface area contributed by atoms with Gasteiger partial charge in [0, 0.05) is 6.26 Å². The van der Waals surface area contributed by atoms with Gasteiger partial charge in [-0.2, -0.15) is 0 Å². The largest absolute Gasteiger partial charge is 0.392 e. The van der Waals surface area contributed by atoms with E-state index in [1.807, 2.05) is 0 Å². The molecule has 2 atom stereocenters. The van der Waals surface area contributed by atoms with Gasteiger partial charge in [-0.1, -0.05) is 6.08 Å². The highest BCUT2D eigenvalue weighted by atomic mass is 32.2. The zero-order valence-corrected chi connectivity index (χ0v) is 9.05. The van der Waals surface area contributed by atoms with Gasteiger partial charge in [-0.05, 0) is 26.2 Å². The smallest absolute Gasteiger partial charge is 0.152 e. The minimum absolute atomic E-state index is 0.514. The minimum Gasteiger partial charge on any atom is -0.392 e. The number of sulfone groups is 1. The van der Waals surface area contributed by atoms with Crippen molar-refractivity contribution in [3.05, 3.63) is 12.7 Å². The van der Waals surface area contributed by atoms with Crippen molar-refractivity contribution in [1.82, 2.24) is 0 Å². The topological polar surface area (TPSA) is 54.4 Å². The molecule has 0 rings (SSSR count). The third-order valence-corrected chi connectivity index (χ3v) is 3.79. The molecule has 0 aromatic carbocycles. The molecule has 0 spiro atoms. The second-order valence-electron chi connectivity index (χ2n) is 3.32. The first-order chi connectivity index (χ1) is 5.89. The van der Waals surface area contributed by atoms with Crippen molar-refractivity contribution in [1.29, 1.82) is 0 Å². The van der Waals surface area contributed by atoms with Gasteiger partial charge in [0.15, 0.2) is 9.84 Å². The zero-order valence-electron chi connectivity index (χ0n) is 8.23. The van der Waals surface area contributed by atoms with Crippen LogP contribution in [0.1, 0.15) is 26.2 Å². The molecule has 0 aromatic rings. The summed E-state index contributed by atoms with van der Waals surface area (Å²) in [7, 11) is -3.12. The van der Waals surface area contributed by atoms with Gasteiger partial charge in [0.25, 0.3) is 0 Å². The van der Waals surface area contributed by atoms with E-state index in [0.29, 0.717) is 6.42 Å². The van der Waals surface area contributed by atoms with Gasteiger partial charge >= 0.3 is 0 Å². The number of rotatable bonds is 6. The Kier molecular flexibility index (Phi) is 5.25. The molecule has 1 N–H and O–H groups in total. The third-order valence-electron chi connectivity index (χ3n) is 2.13. The molecule has 2 unspecified atom stereocenters. The van der Waals surface area contributed by atoms with E-state index >= 15 is 0 Å². The van der Waals surface area contributed by atoms with Crippen LogP contribution in [0.15, 0.2) is 12.7 Å². The lowest BCUT2D eigenvalue weighted by molar-refractivity contribution is 0.160. The van der Waals surface area contributed by atoms with Crippen LogP contribution in [0.2, 0.25) is 0 Å². The summed E-state index contributed by atoms with van der Waals surface area (Å²) >= 11 is 0. The first kappa shape index (κ1) is 12.7. The fourth-order valence-electron chi connectivity index (χ4n) is 0.991. The maximum absolute atomic E-state index is 11.0. The molecule has 0 saturated heterocycles. The van der Waals surface area contributed by atoms with Crippen molar-refractivity contribution >= 4 is 9.84 Å². The predicted molar refractivity (Wildman–Crippen MR) is 54.4 cm³/mol. The lowest BCUT2D eigenvalue weighted by Crippen LogP contribution is -2.30. The van der Waals surface area contributed by atoms with Crippen molar-refractivity contribution in [2.75, 3.05) is 6.26 Å². The Morgan fingerprint density at radius 1 is 1.54 bits per heavy atom. The number of hydrogen-bond donors (Lipinski definition) is 1. The normalized spacial score (nSPS) is 16.5. The van der Waals surface area contributed by atoms with E-state index in [9.17, 15) is 13.5 Å². The molecule has 3 nitrogen and oxygen atoms in total. The standard InChI is InChI=1S/C9H18O3S/c1-4-5-6-7-9(10)8(2)13(3,11)12/h4,8-10H,1,5-7H2,2-3H3. The second-order valence-corrected chi connectivity index (χ2v) is 5.72. The Labute approximate surface area is 80.4 Å². The number of aliphatic hydroxyl groups is 1. The molecule has 0 fully saturated rings. The predicted octanol–water partition coefficient (Wildman–Crippen LogP) is 1.14. The number of hydrogen-bond acceptors (Lipinski definition) is 3. The van der Waals surface area contributed by atoms with E-state index in [1.165, 1.54) is 6.92 Å². The average Bonchev–Trinajstić information content (AvgIpc) is 2.01. The maximum atomic E-state index is 11.0. The number of aliphatic hydroxyl groups excluding tert-OH is 1. The summed E-state index contributed by atoms with van der Waals surface area (Å²) in [6, 6.07) is 0. The van der Waals surface area contributed by atoms with Gasteiger partial charge in [-0.3, -0.25) is 0 Å². The molecule has 0 aliphatic heterocycles.